The van der Waals surface area contributed by atoms with Crippen LogP contribution in [0.3, 0.4) is 0 Å². The summed E-state index contributed by atoms with van der Waals surface area (Å²) in [6.07, 6.45) is 1.68. The van der Waals surface area contributed by atoms with E-state index < -0.39 is 17.5 Å². The Hall–Kier alpha value is -3.78. The van der Waals surface area contributed by atoms with Crippen LogP contribution in [-0.4, -0.2) is 34.4 Å². The Morgan fingerprint density at radius 2 is 1.91 bits per heavy atom. The SMILES string of the molecule is O=C1Nc2ccccc2[C@]12[C@H]([N+](=O)[O-])[C@@H](c1ccc(OCc3cccc(F)c3)cc1)[C@H]1CCCN12. The van der Waals surface area contributed by atoms with Crippen molar-refractivity contribution in [1.29, 1.82) is 0 Å². The molecule has 0 aromatic heterocycles. The van der Waals surface area contributed by atoms with Gasteiger partial charge in [-0.25, -0.2) is 4.39 Å². The molecule has 0 bridgehead atoms. The maximum atomic E-state index is 13.5. The van der Waals surface area contributed by atoms with Gasteiger partial charge in [-0.1, -0.05) is 42.5 Å². The molecule has 3 heterocycles. The van der Waals surface area contributed by atoms with Crippen LogP contribution in [0.1, 0.15) is 35.4 Å². The molecule has 4 atom stereocenters. The first-order chi connectivity index (χ1) is 17.0. The molecule has 0 saturated carbocycles. The summed E-state index contributed by atoms with van der Waals surface area (Å²) >= 11 is 0. The van der Waals surface area contributed by atoms with Crippen LogP contribution in [0.2, 0.25) is 0 Å². The third-order valence-electron chi connectivity index (χ3n) is 7.65. The molecule has 0 radical (unpaired) electrons. The Morgan fingerprint density at radius 3 is 2.69 bits per heavy atom. The summed E-state index contributed by atoms with van der Waals surface area (Å²) in [7, 11) is 0. The van der Waals surface area contributed by atoms with Gasteiger partial charge in [-0.2, -0.15) is 0 Å². The number of benzene rings is 3. The summed E-state index contributed by atoms with van der Waals surface area (Å²) in [5, 5.41) is 15.5. The normalized spacial score (nSPS) is 27.0. The minimum atomic E-state index is -1.32. The average molecular weight is 474 g/mol. The smallest absolute Gasteiger partial charge is 0.256 e. The number of nitrogens with zero attached hydrogens (tertiary/aromatic N) is 2. The Morgan fingerprint density at radius 1 is 1.11 bits per heavy atom. The standard InChI is InChI=1S/C27H24FN3O4/c28-19-6-3-5-17(15-19)16-35-20-12-10-18(11-13-20)24-23-9-4-14-30(23)27(25(24)31(33)34)21-7-1-2-8-22(21)29-26(27)32/h1-3,5-8,10-13,15,23-25H,4,9,14,16H2,(H,29,32)/t23-,24+,25-,27+/m1/s1. The van der Waals surface area contributed by atoms with Crippen LogP contribution in [0.4, 0.5) is 10.1 Å². The highest BCUT2D eigenvalue weighted by Crippen LogP contribution is 2.58. The van der Waals surface area contributed by atoms with Gasteiger partial charge in [0.25, 0.3) is 11.9 Å². The van der Waals surface area contributed by atoms with Crippen molar-refractivity contribution in [2.75, 3.05) is 11.9 Å². The second-order valence-corrected chi connectivity index (χ2v) is 9.41. The molecular weight excluding hydrogens is 449 g/mol. The number of nitro groups is 1. The molecule has 0 aliphatic carbocycles. The Balaban J connectivity index is 1.35. The third-order valence-corrected chi connectivity index (χ3v) is 7.65. The predicted octanol–water partition coefficient (Wildman–Crippen LogP) is 4.46. The molecule has 3 aromatic carbocycles. The number of hydrogen-bond acceptors (Lipinski definition) is 5. The van der Waals surface area contributed by atoms with E-state index in [2.05, 4.69) is 10.2 Å². The van der Waals surface area contributed by atoms with E-state index in [-0.39, 0.29) is 29.3 Å². The van der Waals surface area contributed by atoms with E-state index in [1.807, 2.05) is 36.4 Å². The Bertz CT molecular complexity index is 1310. The molecular formula is C27H24FN3O4. The molecule has 35 heavy (non-hydrogen) atoms. The third kappa shape index (κ3) is 3.24. The number of carbonyl (C=O) groups is 1. The van der Waals surface area contributed by atoms with Gasteiger partial charge in [-0.3, -0.25) is 19.8 Å². The van der Waals surface area contributed by atoms with Crippen molar-refractivity contribution < 1.29 is 18.8 Å². The zero-order valence-electron chi connectivity index (χ0n) is 18.9. The number of fused-ring (bicyclic) bond motifs is 4. The van der Waals surface area contributed by atoms with Gasteiger partial charge in [-0.05, 0) is 54.3 Å². The molecule has 7 nitrogen and oxygen atoms in total. The van der Waals surface area contributed by atoms with Gasteiger partial charge in [0, 0.05) is 28.8 Å². The molecule has 1 amide bonds. The van der Waals surface area contributed by atoms with E-state index in [0.29, 0.717) is 29.1 Å². The monoisotopic (exact) mass is 473 g/mol. The fourth-order valence-electron chi connectivity index (χ4n) is 6.35. The van der Waals surface area contributed by atoms with Gasteiger partial charge in [0.15, 0.2) is 5.54 Å². The molecule has 0 unspecified atom stereocenters. The summed E-state index contributed by atoms with van der Waals surface area (Å²) in [6.45, 7) is 0.858. The number of carbonyl (C=O) groups excluding carboxylic acids is 1. The largest absolute Gasteiger partial charge is 0.489 e. The number of hydrogen-bond donors (Lipinski definition) is 1. The maximum Gasteiger partial charge on any atom is 0.256 e. The minimum Gasteiger partial charge on any atom is -0.489 e. The highest BCUT2D eigenvalue weighted by molar-refractivity contribution is 6.07. The number of ether oxygens (including phenoxy) is 1. The van der Waals surface area contributed by atoms with Gasteiger partial charge in [0.1, 0.15) is 18.2 Å². The number of rotatable bonds is 5. The van der Waals surface area contributed by atoms with E-state index in [9.17, 15) is 19.3 Å². The number of para-hydroxylation sites is 1. The first kappa shape index (κ1) is 21.7. The average Bonchev–Trinajstić information content (AvgIpc) is 3.51. The predicted molar refractivity (Wildman–Crippen MR) is 127 cm³/mol. The molecule has 2 fully saturated rings. The van der Waals surface area contributed by atoms with Gasteiger partial charge in [0.05, 0.1) is 5.92 Å². The number of halogens is 1. The van der Waals surface area contributed by atoms with Crippen LogP contribution in [0, 0.1) is 15.9 Å². The molecule has 8 heteroatoms. The first-order valence-electron chi connectivity index (χ1n) is 11.8. The van der Waals surface area contributed by atoms with E-state index in [0.717, 1.165) is 18.4 Å². The number of nitrogens with one attached hydrogen (secondary N) is 1. The second-order valence-electron chi connectivity index (χ2n) is 9.41. The summed E-state index contributed by atoms with van der Waals surface area (Å²) < 4.78 is 19.2. The van der Waals surface area contributed by atoms with E-state index in [1.54, 1.807) is 24.3 Å². The van der Waals surface area contributed by atoms with E-state index in [4.69, 9.17) is 4.74 Å². The quantitative estimate of drug-likeness (QED) is 0.437. The highest BCUT2D eigenvalue weighted by atomic mass is 19.1. The topological polar surface area (TPSA) is 84.7 Å². The Kier molecular flexibility index (Phi) is 5.07. The van der Waals surface area contributed by atoms with E-state index in [1.165, 1.54) is 12.1 Å². The van der Waals surface area contributed by atoms with Crippen molar-refractivity contribution in [1.82, 2.24) is 4.90 Å². The number of amides is 1. The van der Waals surface area contributed by atoms with Crippen molar-refractivity contribution in [3.05, 3.63) is 105 Å². The van der Waals surface area contributed by atoms with Crippen molar-refractivity contribution >= 4 is 11.6 Å². The zero-order valence-corrected chi connectivity index (χ0v) is 18.9. The van der Waals surface area contributed by atoms with Crippen LogP contribution in [0.25, 0.3) is 0 Å². The Labute approximate surface area is 201 Å². The fourth-order valence-corrected chi connectivity index (χ4v) is 6.35. The van der Waals surface area contributed by atoms with Crippen LogP contribution >= 0.6 is 0 Å². The molecule has 6 rings (SSSR count). The molecule has 1 spiro atoms. The lowest BCUT2D eigenvalue weighted by Crippen LogP contribution is -2.55. The van der Waals surface area contributed by atoms with Crippen LogP contribution in [0.5, 0.6) is 5.75 Å². The van der Waals surface area contributed by atoms with Crippen molar-refractivity contribution in [3.63, 3.8) is 0 Å². The first-order valence-corrected chi connectivity index (χ1v) is 11.8. The van der Waals surface area contributed by atoms with Gasteiger partial charge < -0.3 is 10.1 Å². The minimum absolute atomic E-state index is 0.110. The summed E-state index contributed by atoms with van der Waals surface area (Å²) in [6, 6.07) is 19.6. The van der Waals surface area contributed by atoms with Crippen LogP contribution < -0.4 is 10.1 Å². The zero-order chi connectivity index (χ0) is 24.2. The lowest BCUT2D eigenvalue weighted by molar-refractivity contribution is -0.534. The summed E-state index contributed by atoms with van der Waals surface area (Å²) in [5.41, 5.74) is 1.55. The van der Waals surface area contributed by atoms with Gasteiger partial charge in [0.2, 0.25) is 0 Å². The summed E-state index contributed by atoms with van der Waals surface area (Å²) in [5.74, 6) is -0.483. The molecule has 2 saturated heterocycles. The molecule has 3 aromatic rings. The fraction of sp³-hybridized carbons (Fsp3) is 0.296. The van der Waals surface area contributed by atoms with Gasteiger partial charge >= 0.3 is 0 Å². The highest BCUT2D eigenvalue weighted by Gasteiger charge is 2.73. The molecule has 3 aliphatic rings. The number of anilines is 1. The lowest BCUT2D eigenvalue weighted by Gasteiger charge is -2.32. The molecule has 1 N–H and O–H groups in total. The molecule has 178 valence electrons. The summed E-state index contributed by atoms with van der Waals surface area (Å²) in [4.78, 5) is 27.9. The second kappa shape index (κ2) is 8.16. The van der Waals surface area contributed by atoms with Crippen LogP contribution in [0.15, 0.2) is 72.8 Å². The van der Waals surface area contributed by atoms with Gasteiger partial charge in [-0.15, -0.1) is 0 Å². The van der Waals surface area contributed by atoms with Crippen LogP contribution in [-0.2, 0) is 16.9 Å². The van der Waals surface area contributed by atoms with Crippen molar-refractivity contribution in [3.8, 4) is 5.75 Å². The maximum absolute atomic E-state index is 13.5. The van der Waals surface area contributed by atoms with Crippen molar-refractivity contribution in [2.45, 2.75) is 43.0 Å². The van der Waals surface area contributed by atoms with E-state index >= 15 is 0 Å². The lowest BCUT2D eigenvalue weighted by atomic mass is 9.77. The van der Waals surface area contributed by atoms with Crippen molar-refractivity contribution in [2.24, 2.45) is 0 Å². The molecule has 3 aliphatic heterocycles.